The van der Waals surface area contributed by atoms with Crippen molar-refractivity contribution in [3.63, 3.8) is 0 Å². The molecule has 1 aliphatic heterocycles. The molecule has 2 aromatic heterocycles. The summed E-state index contributed by atoms with van der Waals surface area (Å²) in [6.07, 6.45) is 3.73. The van der Waals surface area contributed by atoms with Gasteiger partial charge in [0.05, 0.1) is 5.69 Å². The highest BCUT2D eigenvalue weighted by atomic mass is 35.5. The topological polar surface area (TPSA) is 71.0 Å². The van der Waals surface area contributed by atoms with Crippen molar-refractivity contribution >= 4 is 34.8 Å². The fourth-order valence-electron chi connectivity index (χ4n) is 3.35. The molecule has 1 amide bonds. The first-order valence-corrected chi connectivity index (χ1v) is 8.54. The minimum atomic E-state index is -3.12. The lowest BCUT2D eigenvalue weighted by molar-refractivity contribution is -0.114. The first-order valence-electron chi connectivity index (χ1n) is 8.16. The zero-order chi connectivity index (χ0) is 18.7. The summed E-state index contributed by atoms with van der Waals surface area (Å²) >= 11 is 5.90. The van der Waals surface area contributed by atoms with Crippen molar-refractivity contribution in [1.82, 2.24) is 15.0 Å². The van der Waals surface area contributed by atoms with Gasteiger partial charge in [0.1, 0.15) is 17.3 Å². The molecule has 0 radical (unpaired) electrons. The fourth-order valence-corrected chi connectivity index (χ4v) is 3.53. The maximum Gasteiger partial charge on any atom is 0.287 e. The fraction of sp³-hybridized carbons (Fsp3) is 0.412. The second kappa shape index (κ2) is 5.57. The van der Waals surface area contributed by atoms with Crippen LogP contribution in [-0.2, 0) is 16.1 Å². The zero-order valence-electron chi connectivity index (χ0n) is 14.2. The van der Waals surface area contributed by atoms with Crippen molar-refractivity contribution < 1.29 is 13.6 Å². The highest BCUT2D eigenvalue weighted by molar-refractivity contribution is 6.28. The number of nitrogens with zero attached hydrogens (tertiary/aromatic N) is 4. The standard InChI is InChI=1S/C17H16ClF2N5O/c1-9(26)22-13-5-11-10(7-21-13)17(3-4-17)8-25(11)14-6-12(16(2,19)20)23-15(18)24-14/h5-7H,3-4,8H2,1-2H3,(H,21,22,26). The smallest absolute Gasteiger partial charge is 0.287 e. The van der Waals surface area contributed by atoms with Gasteiger partial charge in [0, 0.05) is 49.7 Å². The van der Waals surface area contributed by atoms with Crippen LogP contribution in [0.3, 0.4) is 0 Å². The van der Waals surface area contributed by atoms with Crippen LogP contribution < -0.4 is 10.2 Å². The number of nitrogens with one attached hydrogen (secondary N) is 1. The Morgan fingerprint density at radius 2 is 2.08 bits per heavy atom. The molecule has 6 nitrogen and oxygen atoms in total. The van der Waals surface area contributed by atoms with Crippen LogP contribution >= 0.6 is 11.6 Å². The SMILES string of the molecule is CC(=O)Nc1cc2c(cn1)C1(CC1)CN2c1cc(C(C)(F)F)nc(Cl)n1. The molecule has 136 valence electrons. The number of rotatable bonds is 3. The molecule has 2 aliphatic rings. The highest BCUT2D eigenvalue weighted by Crippen LogP contribution is 2.58. The van der Waals surface area contributed by atoms with Gasteiger partial charge < -0.3 is 10.2 Å². The third-order valence-electron chi connectivity index (χ3n) is 4.77. The van der Waals surface area contributed by atoms with Crippen LogP contribution in [0.2, 0.25) is 5.28 Å². The molecule has 0 unspecified atom stereocenters. The molecule has 0 bridgehead atoms. The monoisotopic (exact) mass is 379 g/mol. The summed E-state index contributed by atoms with van der Waals surface area (Å²) in [5, 5.41) is 2.42. The number of amides is 1. The van der Waals surface area contributed by atoms with E-state index in [1.165, 1.54) is 13.0 Å². The summed E-state index contributed by atoms with van der Waals surface area (Å²) in [6, 6.07) is 3.00. The first-order chi connectivity index (χ1) is 12.2. The van der Waals surface area contributed by atoms with E-state index in [0.29, 0.717) is 18.2 Å². The van der Waals surface area contributed by atoms with E-state index in [2.05, 4.69) is 20.3 Å². The predicted molar refractivity (Wildman–Crippen MR) is 93.1 cm³/mol. The van der Waals surface area contributed by atoms with Crippen molar-refractivity contribution in [3.05, 3.63) is 34.9 Å². The first kappa shape index (κ1) is 17.1. The van der Waals surface area contributed by atoms with Gasteiger partial charge in [-0.15, -0.1) is 0 Å². The highest BCUT2D eigenvalue weighted by Gasteiger charge is 2.52. The van der Waals surface area contributed by atoms with Crippen molar-refractivity contribution in [1.29, 1.82) is 0 Å². The maximum atomic E-state index is 13.7. The number of aromatic nitrogens is 3. The number of anilines is 3. The Labute approximate surface area is 153 Å². The average molecular weight is 380 g/mol. The van der Waals surface area contributed by atoms with E-state index in [1.54, 1.807) is 12.3 Å². The van der Waals surface area contributed by atoms with Gasteiger partial charge in [-0.25, -0.2) is 15.0 Å². The van der Waals surface area contributed by atoms with E-state index < -0.39 is 11.6 Å². The maximum absolute atomic E-state index is 13.7. The van der Waals surface area contributed by atoms with Gasteiger partial charge in [-0.3, -0.25) is 4.79 Å². The molecule has 0 atom stereocenters. The minimum absolute atomic E-state index is 0.0383. The average Bonchev–Trinajstić information content (AvgIpc) is 3.23. The van der Waals surface area contributed by atoms with Crippen LogP contribution in [-0.4, -0.2) is 27.4 Å². The number of carbonyl (C=O) groups excluding carboxylic acids is 1. The molecular weight excluding hydrogens is 364 g/mol. The van der Waals surface area contributed by atoms with Crippen LogP contribution in [0.25, 0.3) is 0 Å². The van der Waals surface area contributed by atoms with E-state index in [0.717, 1.165) is 31.0 Å². The third kappa shape index (κ3) is 2.88. The van der Waals surface area contributed by atoms with Crippen LogP contribution in [0.5, 0.6) is 0 Å². The molecule has 4 rings (SSSR count). The summed E-state index contributed by atoms with van der Waals surface area (Å²) in [6.45, 7) is 2.78. The van der Waals surface area contributed by atoms with E-state index >= 15 is 0 Å². The molecule has 2 aromatic rings. The molecule has 0 saturated heterocycles. The quantitative estimate of drug-likeness (QED) is 0.822. The van der Waals surface area contributed by atoms with Crippen LogP contribution in [0.4, 0.5) is 26.1 Å². The van der Waals surface area contributed by atoms with Gasteiger partial charge in [0.15, 0.2) is 0 Å². The molecule has 0 aromatic carbocycles. The lowest BCUT2D eigenvalue weighted by Crippen LogP contribution is -2.21. The third-order valence-corrected chi connectivity index (χ3v) is 4.94. The predicted octanol–water partition coefficient (Wildman–Crippen LogP) is 3.78. The number of hydrogen-bond acceptors (Lipinski definition) is 5. The summed E-state index contributed by atoms with van der Waals surface area (Å²) < 4.78 is 27.5. The van der Waals surface area contributed by atoms with Crippen LogP contribution in [0, 0.1) is 0 Å². The van der Waals surface area contributed by atoms with E-state index in [9.17, 15) is 13.6 Å². The molecule has 9 heteroatoms. The molecule has 1 fully saturated rings. The molecule has 1 spiro atoms. The summed E-state index contributed by atoms with van der Waals surface area (Å²) in [5.74, 6) is -2.64. The van der Waals surface area contributed by atoms with Crippen LogP contribution in [0.15, 0.2) is 18.3 Å². The Bertz CT molecular complexity index is 911. The lowest BCUT2D eigenvalue weighted by atomic mass is 10.0. The molecule has 1 N–H and O–H groups in total. The molecule has 1 saturated carbocycles. The van der Waals surface area contributed by atoms with Gasteiger partial charge >= 0.3 is 0 Å². The van der Waals surface area contributed by atoms with Gasteiger partial charge in [0.25, 0.3) is 5.92 Å². The number of hydrogen-bond donors (Lipinski definition) is 1. The summed E-state index contributed by atoms with van der Waals surface area (Å²) in [5.41, 5.74) is 1.36. The van der Waals surface area contributed by atoms with Crippen molar-refractivity contribution in [2.24, 2.45) is 0 Å². The van der Waals surface area contributed by atoms with E-state index in [4.69, 9.17) is 11.6 Å². The Hall–Kier alpha value is -2.35. The van der Waals surface area contributed by atoms with Gasteiger partial charge in [-0.1, -0.05) is 0 Å². The van der Waals surface area contributed by atoms with Gasteiger partial charge in [0.2, 0.25) is 11.2 Å². The van der Waals surface area contributed by atoms with Crippen molar-refractivity contribution in [2.45, 2.75) is 38.0 Å². The number of halogens is 3. The number of alkyl halides is 2. The Morgan fingerprint density at radius 3 is 2.69 bits per heavy atom. The van der Waals surface area contributed by atoms with Crippen molar-refractivity contribution in [2.75, 3.05) is 16.8 Å². The Morgan fingerprint density at radius 1 is 1.35 bits per heavy atom. The molecule has 26 heavy (non-hydrogen) atoms. The zero-order valence-corrected chi connectivity index (χ0v) is 14.9. The normalized spacial score (nSPS) is 17.3. The van der Waals surface area contributed by atoms with Gasteiger partial charge in [-0.05, 0) is 24.4 Å². The second-order valence-corrected chi connectivity index (χ2v) is 7.24. The van der Waals surface area contributed by atoms with E-state index in [1.807, 2.05) is 4.90 Å². The minimum Gasteiger partial charge on any atom is -0.325 e. The Balaban J connectivity index is 1.80. The molecular formula is C17H16ClF2N5O. The largest absolute Gasteiger partial charge is 0.325 e. The summed E-state index contributed by atoms with van der Waals surface area (Å²) in [4.78, 5) is 25.3. The van der Waals surface area contributed by atoms with Crippen molar-refractivity contribution in [3.8, 4) is 0 Å². The molecule has 1 aliphatic carbocycles. The second-order valence-electron chi connectivity index (χ2n) is 6.90. The van der Waals surface area contributed by atoms with Crippen LogP contribution in [0.1, 0.15) is 37.9 Å². The summed E-state index contributed by atoms with van der Waals surface area (Å²) in [7, 11) is 0. The van der Waals surface area contributed by atoms with Gasteiger partial charge in [-0.2, -0.15) is 8.78 Å². The number of fused-ring (bicyclic) bond motifs is 2. The number of pyridine rings is 1. The van der Waals surface area contributed by atoms with E-state index in [-0.39, 0.29) is 16.6 Å². The Kier molecular flexibility index (Phi) is 3.66. The number of carbonyl (C=O) groups is 1. The lowest BCUT2D eigenvalue weighted by Gasteiger charge is -2.21. The molecule has 3 heterocycles.